The first-order valence-electron chi connectivity index (χ1n) is 6.63. The van der Waals surface area contributed by atoms with Crippen molar-refractivity contribution in [3.05, 3.63) is 46.5 Å². The van der Waals surface area contributed by atoms with Crippen molar-refractivity contribution in [1.82, 2.24) is 0 Å². The van der Waals surface area contributed by atoms with Gasteiger partial charge >= 0.3 is 5.97 Å². The van der Waals surface area contributed by atoms with Gasteiger partial charge in [0.05, 0.1) is 15.7 Å². The zero-order valence-corrected chi connectivity index (χ0v) is 13.4. The van der Waals surface area contributed by atoms with Crippen LogP contribution >= 0.6 is 15.9 Å². The van der Waals surface area contributed by atoms with Gasteiger partial charge in [-0.3, -0.25) is 19.3 Å². The van der Waals surface area contributed by atoms with E-state index in [2.05, 4.69) is 15.9 Å². The van der Waals surface area contributed by atoms with Crippen LogP contribution in [0.2, 0.25) is 0 Å². The largest absolute Gasteiger partial charge is 0.478 e. The topological polar surface area (TPSA) is 115 Å². The number of nitrogens with zero attached hydrogens (tertiary/aromatic N) is 2. The fourth-order valence-corrected chi connectivity index (χ4v) is 2.85. The fourth-order valence-electron chi connectivity index (χ4n) is 2.42. The summed E-state index contributed by atoms with van der Waals surface area (Å²) in [5.74, 6) is -3.13. The van der Waals surface area contributed by atoms with Gasteiger partial charge in [0.25, 0.3) is 17.7 Å². The third-order valence-electron chi connectivity index (χ3n) is 3.48. The highest BCUT2D eigenvalue weighted by molar-refractivity contribution is 9.12. The molecule has 0 saturated carbocycles. The van der Waals surface area contributed by atoms with Crippen LogP contribution in [0.15, 0.2) is 40.9 Å². The molecule has 8 nitrogen and oxygen atoms in total. The third-order valence-corrected chi connectivity index (χ3v) is 4.08. The smallest absolute Gasteiger partial charge is 0.335 e. The molecule has 0 aromatic heterocycles. The number of carboxylic acid groups (broad SMARTS) is 1. The second-order valence-electron chi connectivity index (χ2n) is 4.99. The van der Waals surface area contributed by atoms with E-state index < -0.39 is 29.9 Å². The molecule has 2 aliphatic heterocycles. The van der Waals surface area contributed by atoms with E-state index in [4.69, 9.17) is 0 Å². The Hall–Kier alpha value is -2.78. The van der Waals surface area contributed by atoms with Crippen LogP contribution in [0.1, 0.15) is 10.4 Å². The molecule has 3 rings (SSSR count). The molecule has 0 radical (unpaired) electrons. The van der Waals surface area contributed by atoms with Gasteiger partial charge in [-0.1, -0.05) is 0 Å². The molecule has 0 aliphatic carbocycles. The first-order valence-corrected chi connectivity index (χ1v) is 7.42. The van der Waals surface area contributed by atoms with Crippen LogP contribution in [0.5, 0.6) is 0 Å². The molecular formula is C15H9BrN2O6. The summed E-state index contributed by atoms with van der Waals surface area (Å²) < 4.78 is 0.118. The highest BCUT2D eigenvalue weighted by Gasteiger charge is 2.33. The molecule has 1 unspecified atom stereocenters. The Morgan fingerprint density at radius 3 is 2.12 bits per heavy atom. The van der Waals surface area contributed by atoms with Gasteiger partial charge in [0.15, 0.2) is 6.23 Å². The average molecular weight is 393 g/mol. The van der Waals surface area contributed by atoms with Crippen molar-refractivity contribution in [2.45, 2.75) is 6.23 Å². The summed E-state index contributed by atoms with van der Waals surface area (Å²) in [5.41, 5.74) is -0.202. The molecule has 0 spiro atoms. The summed E-state index contributed by atoms with van der Waals surface area (Å²) in [7, 11) is 0. The zero-order chi connectivity index (χ0) is 17.6. The zero-order valence-electron chi connectivity index (χ0n) is 11.8. The Morgan fingerprint density at radius 1 is 1.04 bits per heavy atom. The highest BCUT2D eigenvalue weighted by atomic mass is 79.9. The number of hydrogen-bond acceptors (Lipinski definition) is 5. The van der Waals surface area contributed by atoms with Crippen LogP contribution in [-0.2, 0) is 14.4 Å². The molecule has 2 aliphatic rings. The maximum Gasteiger partial charge on any atom is 0.335 e. The number of benzene rings is 1. The predicted molar refractivity (Wildman–Crippen MR) is 85.5 cm³/mol. The molecule has 0 saturated heterocycles. The van der Waals surface area contributed by atoms with E-state index in [9.17, 15) is 29.4 Å². The lowest BCUT2D eigenvalue weighted by Gasteiger charge is -2.23. The maximum atomic E-state index is 12.1. The van der Waals surface area contributed by atoms with Crippen molar-refractivity contribution < 1.29 is 29.4 Å². The Labute approximate surface area is 143 Å². The Kier molecular flexibility index (Phi) is 3.82. The van der Waals surface area contributed by atoms with Crippen molar-refractivity contribution in [2.75, 3.05) is 9.80 Å². The summed E-state index contributed by atoms with van der Waals surface area (Å²) in [6.45, 7) is 0. The number of aromatic carboxylic acids is 1. The molecule has 2 heterocycles. The van der Waals surface area contributed by atoms with Crippen LogP contribution in [0.3, 0.4) is 0 Å². The highest BCUT2D eigenvalue weighted by Crippen LogP contribution is 2.32. The van der Waals surface area contributed by atoms with Gasteiger partial charge in [0.1, 0.15) is 0 Å². The summed E-state index contributed by atoms with van der Waals surface area (Å²) in [5, 5.41) is 19.2. The first-order chi connectivity index (χ1) is 11.3. The SMILES string of the molecule is O=C(O)c1cc(N2C(=O)C=CC2=O)cc(N2C(=O)C(Br)=CC2O)c1. The normalized spacial score (nSPS) is 20.2. The summed E-state index contributed by atoms with van der Waals surface area (Å²) in [6.07, 6.45) is 2.06. The molecule has 2 N–H and O–H groups in total. The van der Waals surface area contributed by atoms with Gasteiger partial charge in [0, 0.05) is 17.8 Å². The lowest BCUT2D eigenvalue weighted by molar-refractivity contribution is -0.120. The van der Waals surface area contributed by atoms with Crippen molar-refractivity contribution in [2.24, 2.45) is 0 Å². The van der Waals surface area contributed by atoms with Crippen LogP contribution < -0.4 is 9.80 Å². The molecule has 122 valence electrons. The van der Waals surface area contributed by atoms with E-state index in [0.29, 0.717) is 0 Å². The minimum absolute atomic E-state index is 0.00655. The van der Waals surface area contributed by atoms with Crippen molar-refractivity contribution in [3.8, 4) is 0 Å². The number of aliphatic hydroxyl groups is 1. The van der Waals surface area contributed by atoms with Gasteiger partial charge < -0.3 is 10.2 Å². The molecular weight excluding hydrogens is 384 g/mol. The molecule has 24 heavy (non-hydrogen) atoms. The second kappa shape index (κ2) is 5.69. The molecule has 9 heteroatoms. The van der Waals surface area contributed by atoms with Crippen LogP contribution in [0, 0.1) is 0 Å². The van der Waals surface area contributed by atoms with E-state index in [1.165, 1.54) is 18.2 Å². The number of carbonyl (C=O) groups is 4. The maximum absolute atomic E-state index is 12.1. The number of hydrogen-bond donors (Lipinski definition) is 2. The minimum Gasteiger partial charge on any atom is -0.478 e. The van der Waals surface area contributed by atoms with Gasteiger partial charge in [-0.15, -0.1) is 0 Å². The lowest BCUT2D eigenvalue weighted by atomic mass is 10.1. The van der Waals surface area contributed by atoms with E-state index in [0.717, 1.165) is 28.0 Å². The van der Waals surface area contributed by atoms with E-state index >= 15 is 0 Å². The fraction of sp³-hybridized carbons (Fsp3) is 0.0667. The van der Waals surface area contributed by atoms with E-state index in [1.54, 1.807) is 0 Å². The minimum atomic E-state index is -1.31. The summed E-state index contributed by atoms with van der Waals surface area (Å²) in [6, 6.07) is 3.60. The van der Waals surface area contributed by atoms with E-state index in [1.807, 2.05) is 0 Å². The molecule has 1 aromatic rings. The standard InChI is InChI=1S/C15H9BrN2O6/c16-10-6-13(21)18(14(10)22)9-4-7(15(23)24)3-8(5-9)17-11(19)1-2-12(17)20/h1-6,13,21H,(H,23,24). The molecule has 3 amide bonds. The number of halogens is 1. The quantitative estimate of drug-likeness (QED) is 0.733. The monoisotopic (exact) mass is 392 g/mol. The third kappa shape index (κ3) is 2.53. The molecule has 1 atom stereocenters. The number of imide groups is 1. The molecule has 1 aromatic carbocycles. The van der Waals surface area contributed by atoms with E-state index in [-0.39, 0.29) is 21.4 Å². The molecule has 0 bridgehead atoms. The van der Waals surface area contributed by atoms with Gasteiger partial charge in [-0.25, -0.2) is 9.69 Å². The number of aliphatic hydroxyl groups excluding tert-OH is 1. The first kappa shape index (κ1) is 16.1. The van der Waals surface area contributed by atoms with Crippen molar-refractivity contribution >= 4 is 51.0 Å². The van der Waals surface area contributed by atoms with Gasteiger partial charge in [0.2, 0.25) is 0 Å². The van der Waals surface area contributed by atoms with Gasteiger partial charge in [-0.05, 0) is 40.2 Å². The summed E-state index contributed by atoms with van der Waals surface area (Å²) >= 11 is 3.00. The van der Waals surface area contributed by atoms with Gasteiger partial charge in [-0.2, -0.15) is 0 Å². The Morgan fingerprint density at radius 2 is 1.62 bits per heavy atom. The summed E-state index contributed by atoms with van der Waals surface area (Å²) in [4.78, 5) is 48.8. The predicted octanol–water partition coefficient (Wildman–Crippen LogP) is 0.758. The molecule has 0 fully saturated rings. The van der Waals surface area contributed by atoms with Crippen LogP contribution in [0.4, 0.5) is 11.4 Å². The number of anilines is 2. The van der Waals surface area contributed by atoms with Crippen LogP contribution in [-0.4, -0.2) is 40.1 Å². The second-order valence-corrected chi connectivity index (χ2v) is 5.85. The Balaban J connectivity index is 2.11. The number of rotatable bonds is 3. The van der Waals surface area contributed by atoms with Crippen molar-refractivity contribution in [3.63, 3.8) is 0 Å². The number of amides is 3. The van der Waals surface area contributed by atoms with Crippen LogP contribution in [0.25, 0.3) is 0 Å². The number of carbonyl (C=O) groups excluding carboxylic acids is 3. The average Bonchev–Trinajstić information content (AvgIpc) is 2.97. The van der Waals surface area contributed by atoms with Crippen molar-refractivity contribution in [1.29, 1.82) is 0 Å². The lowest BCUT2D eigenvalue weighted by Crippen LogP contribution is -2.35. The number of carboxylic acids is 1. The Bertz CT molecular complexity index is 842.